The highest BCUT2D eigenvalue weighted by atomic mass is 32.1. The van der Waals surface area contributed by atoms with E-state index >= 15 is 0 Å². The molecule has 5 rings (SSSR count). The molecule has 0 N–H and O–H groups in total. The maximum atomic E-state index is 13.7. The van der Waals surface area contributed by atoms with Gasteiger partial charge in [0.05, 0.1) is 17.7 Å². The van der Waals surface area contributed by atoms with Gasteiger partial charge in [0.2, 0.25) is 5.91 Å². The zero-order valence-electron chi connectivity index (χ0n) is 18.3. The Kier molecular flexibility index (Phi) is 6.35. The summed E-state index contributed by atoms with van der Waals surface area (Å²) in [7, 11) is 0. The van der Waals surface area contributed by atoms with Crippen molar-refractivity contribution in [3.63, 3.8) is 0 Å². The number of benzene rings is 2. The minimum absolute atomic E-state index is 0.271. The summed E-state index contributed by atoms with van der Waals surface area (Å²) >= 11 is 1.72. The van der Waals surface area contributed by atoms with Gasteiger partial charge in [0, 0.05) is 50.3 Å². The fourth-order valence-corrected chi connectivity index (χ4v) is 5.68. The predicted molar refractivity (Wildman–Crippen MR) is 128 cm³/mol. The second-order valence-electron chi connectivity index (χ2n) is 8.62. The summed E-state index contributed by atoms with van der Waals surface area (Å²) < 4.78 is 5.62. The Labute approximate surface area is 193 Å². The fourth-order valence-electron chi connectivity index (χ4n) is 4.83. The molecule has 0 spiro atoms. The smallest absolute Gasteiger partial charge is 0.233 e. The van der Waals surface area contributed by atoms with E-state index in [4.69, 9.17) is 9.72 Å². The Morgan fingerprint density at radius 1 is 0.938 bits per heavy atom. The highest BCUT2D eigenvalue weighted by Crippen LogP contribution is 2.37. The number of piperazine rings is 1. The van der Waals surface area contributed by atoms with Crippen molar-refractivity contribution in [1.29, 1.82) is 0 Å². The molecule has 2 aromatic carbocycles. The van der Waals surface area contributed by atoms with Crippen LogP contribution in [0.4, 0.5) is 0 Å². The lowest BCUT2D eigenvalue weighted by Gasteiger charge is -2.43. The van der Waals surface area contributed by atoms with Crippen molar-refractivity contribution in [1.82, 2.24) is 14.8 Å². The van der Waals surface area contributed by atoms with Crippen LogP contribution in [-0.4, -0.2) is 60.1 Å². The molecular formula is C26H29N3O2S. The quantitative estimate of drug-likeness (QED) is 0.588. The van der Waals surface area contributed by atoms with E-state index in [9.17, 15) is 4.79 Å². The number of carbonyl (C=O) groups excluding carboxylic acids is 1. The number of hydrogen-bond acceptors (Lipinski definition) is 5. The molecule has 5 nitrogen and oxygen atoms in total. The van der Waals surface area contributed by atoms with E-state index in [0.29, 0.717) is 13.2 Å². The second-order valence-corrected chi connectivity index (χ2v) is 9.56. The van der Waals surface area contributed by atoms with E-state index in [1.54, 1.807) is 11.3 Å². The molecule has 3 aromatic rings. The predicted octanol–water partition coefficient (Wildman–Crippen LogP) is 4.20. The van der Waals surface area contributed by atoms with E-state index < -0.39 is 5.41 Å². The molecule has 2 fully saturated rings. The van der Waals surface area contributed by atoms with Crippen LogP contribution in [0.5, 0.6) is 0 Å². The van der Waals surface area contributed by atoms with E-state index in [0.717, 1.165) is 67.4 Å². The van der Waals surface area contributed by atoms with Gasteiger partial charge in [-0.1, -0.05) is 60.7 Å². The zero-order chi connectivity index (χ0) is 21.8. The highest BCUT2D eigenvalue weighted by Gasteiger charge is 2.44. The van der Waals surface area contributed by atoms with Gasteiger partial charge in [-0.15, -0.1) is 11.3 Å². The molecule has 1 aromatic heterocycles. The molecule has 6 heteroatoms. The third-order valence-electron chi connectivity index (χ3n) is 6.72. The number of aromatic nitrogens is 1. The van der Waals surface area contributed by atoms with Crippen LogP contribution in [0, 0.1) is 0 Å². The van der Waals surface area contributed by atoms with Crippen molar-refractivity contribution in [3.8, 4) is 11.3 Å². The van der Waals surface area contributed by atoms with Crippen LogP contribution in [0.15, 0.2) is 66.0 Å². The Morgan fingerprint density at radius 2 is 1.59 bits per heavy atom. The van der Waals surface area contributed by atoms with E-state index in [-0.39, 0.29) is 5.91 Å². The Morgan fingerprint density at radius 3 is 2.28 bits per heavy atom. The fraction of sp³-hybridized carbons (Fsp3) is 0.385. The number of thiazole rings is 1. The molecule has 0 aliphatic carbocycles. The van der Waals surface area contributed by atoms with Crippen LogP contribution >= 0.6 is 11.3 Å². The van der Waals surface area contributed by atoms with Gasteiger partial charge in [0.15, 0.2) is 0 Å². The van der Waals surface area contributed by atoms with Crippen LogP contribution in [-0.2, 0) is 21.5 Å². The average Bonchev–Trinajstić information content (AvgIpc) is 3.34. The number of carbonyl (C=O) groups is 1. The van der Waals surface area contributed by atoms with Gasteiger partial charge in [-0.05, 0) is 18.4 Å². The molecule has 0 unspecified atom stereocenters. The molecule has 2 aliphatic rings. The van der Waals surface area contributed by atoms with Crippen molar-refractivity contribution < 1.29 is 9.53 Å². The van der Waals surface area contributed by atoms with Gasteiger partial charge in [-0.3, -0.25) is 9.69 Å². The number of ether oxygens (including phenoxy) is 1. The summed E-state index contributed by atoms with van der Waals surface area (Å²) in [5.41, 5.74) is 2.89. The van der Waals surface area contributed by atoms with Gasteiger partial charge >= 0.3 is 0 Å². The maximum Gasteiger partial charge on any atom is 0.233 e. The number of hydrogen-bond donors (Lipinski definition) is 0. The summed E-state index contributed by atoms with van der Waals surface area (Å²) in [6.45, 7) is 5.44. The number of rotatable bonds is 5. The summed E-state index contributed by atoms with van der Waals surface area (Å²) in [5.74, 6) is 0.271. The molecule has 3 heterocycles. The first kappa shape index (κ1) is 21.3. The molecule has 0 atom stereocenters. The Bertz CT molecular complexity index is 1020. The largest absolute Gasteiger partial charge is 0.381 e. The van der Waals surface area contributed by atoms with Crippen LogP contribution in [0.25, 0.3) is 11.3 Å². The minimum Gasteiger partial charge on any atom is -0.381 e. The molecule has 166 valence electrons. The van der Waals surface area contributed by atoms with Crippen LogP contribution in [0.1, 0.15) is 23.4 Å². The normalized spacial score (nSPS) is 19.1. The minimum atomic E-state index is -0.443. The molecule has 1 amide bonds. The van der Waals surface area contributed by atoms with Crippen LogP contribution in [0.3, 0.4) is 0 Å². The number of amides is 1. The molecule has 2 aliphatic heterocycles. The summed E-state index contributed by atoms with van der Waals surface area (Å²) in [6, 6.07) is 20.6. The van der Waals surface area contributed by atoms with Crippen molar-refractivity contribution in [3.05, 3.63) is 76.6 Å². The third-order valence-corrected chi connectivity index (χ3v) is 7.56. The van der Waals surface area contributed by atoms with E-state index in [2.05, 4.69) is 39.4 Å². The number of nitrogens with zero attached hydrogens (tertiary/aromatic N) is 3. The van der Waals surface area contributed by atoms with Gasteiger partial charge < -0.3 is 9.64 Å². The molecular weight excluding hydrogens is 418 g/mol. The SMILES string of the molecule is O=C(N1CCN(Cc2nc(-c3ccccc3)cs2)CC1)C1(c2ccccc2)CCOCC1. The molecule has 0 saturated carbocycles. The standard InChI is InChI=1S/C26H29N3O2S/c30-25(26(11-17-31-18-12-26)22-9-5-2-6-10-22)29-15-13-28(14-16-29)19-24-27-23(20-32-24)21-7-3-1-4-8-21/h1-10,20H,11-19H2. The topological polar surface area (TPSA) is 45.7 Å². The highest BCUT2D eigenvalue weighted by molar-refractivity contribution is 7.09. The van der Waals surface area contributed by atoms with Crippen molar-refractivity contribution in [2.24, 2.45) is 0 Å². The lowest BCUT2D eigenvalue weighted by Crippen LogP contribution is -2.55. The van der Waals surface area contributed by atoms with Crippen molar-refractivity contribution in [2.75, 3.05) is 39.4 Å². The summed E-state index contributed by atoms with van der Waals surface area (Å²) in [4.78, 5) is 23.1. The van der Waals surface area contributed by atoms with Gasteiger partial charge in [-0.25, -0.2) is 4.98 Å². The zero-order valence-corrected chi connectivity index (χ0v) is 19.1. The van der Waals surface area contributed by atoms with Gasteiger partial charge in [0.1, 0.15) is 5.01 Å². The van der Waals surface area contributed by atoms with Gasteiger partial charge in [-0.2, -0.15) is 0 Å². The van der Waals surface area contributed by atoms with Crippen LogP contribution in [0.2, 0.25) is 0 Å². The monoisotopic (exact) mass is 447 g/mol. The molecule has 0 bridgehead atoms. The maximum absolute atomic E-state index is 13.7. The molecule has 0 radical (unpaired) electrons. The third kappa shape index (κ3) is 4.35. The van der Waals surface area contributed by atoms with Crippen molar-refractivity contribution in [2.45, 2.75) is 24.8 Å². The summed E-state index contributed by atoms with van der Waals surface area (Å²) in [5, 5.41) is 3.27. The summed E-state index contributed by atoms with van der Waals surface area (Å²) in [6.07, 6.45) is 1.52. The first-order valence-corrected chi connectivity index (χ1v) is 12.3. The van der Waals surface area contributed by atoms with Gasteiger partial charge in [0.25, 0.3) is 0 Å². The first-order chi connectivity index (χ1) is 15.7. The Hall–Kier alpha value is -2.54. The molecule has 2 saturated heterocycles. The molecule has 32 heavy (non-hydrogen) atoms. The van der Waals surface area contributed by atoms with Crippen molar-refractivity contribution >= 4 is 17.2 Å². The first-order valence-electron chi connectivity index (χ1n) is 11.4. The lowest BCUT2D eigenvalue weighted by molar-refractivity contribution is -0.143. The van der Waals surface area contributed by atoms with Crippen LogP contribution < -0.4 is 0 Å². The van der Waals surface area contributed by atoms with E-state index in [1.165, 1.54) is 0 Å². The second kappa shape index (κ2) is 9.53. The lowest BCUT2D eigenvalue weighted by atomic mass is 9.73. The van der Waals surface area contributed by atoms with E-state index in [1.807, 2.05) is 36.4 Å². The average molecular weight is 448 g/mol. The Balaban J connectivity index is 1.22.